The van der Waals surface area contributed by atoms with E-state index in [0.29, 0.717) is 25.6 Å². The summed E-state index contributed by atoms with van der Waals surface area (Å²) < 4.78 is 5.07. The Bertz CT molecular complexity index is 198. The lowest BCUT2D eigenvalue weighted by Crippen LogP contribution is -2.48. The summed E-state index contributed by atoms with van der Waals surface area (Å²) in [5.74, 6) is 0.0264. The Labute approximate surface area is 98.3 Å². The number of nitrogens with one attached hydrogen (secondary N) is 1. The maximum atomic E-state index is 11.4. The van der Waals surface area contributed by atoms with Gasteiger partial charge in [0, 0.05) is 45.8 Å². The molecule has 1 atom stereocenters. The van der Waals surface area contributed by atoms with E-state index >= 15 is 0 Å². The van der Waals surface area contributed by atoms with E-state index in [1.54, 1.807) is 14.2 Å². The molecule has 0 fully saturated rings. The summed E-state index contributed by atoms with van der Waals surface area (Å²) >= 11 is 0. The fourth-order valence-electron chi connectivity index (χ4n) is 1.71. The minimum Gasteiger partial charge on any atom is -0.383 e. The Kier molecular flexibility index (Phi) is 8.15. The van der Waals surface area contributed by atoms with Gasteiger partial charge < -0.3 is 15.8 Å². The van der Waals surface area contributed by atoms with Gasteiger partial charge in [-0.05, 0) is 13.8 Å². The van der Waals surface area contributed by atoms with Crippen LogP contribution in [0, 0.1) is 0 Å². The summed E-state index contributed by atoms with van der Waals surface area (Å²) in [4.78, 5) is 13.6. The molecule has 0 aromatic carbocycles. The lowest BCUT2D eigenvalue weighted by molar-refractivity contribution is -0.122. The van der Waals surface area contributed by atoms with Crippen molar-refractivity contribution < 1.29 is 9.53 Å². The van der Waals surface area contributed by atoms with Gasteiger partial charge in [0.2, 0.25) is 5.91 Å². The van der Waals surface area contributed by atoms with Crippen molar-refractivity contribution in [2.24, 2.45) is 5.73 Å². The minimum atomic E-state index is 0.0264. The Morgan fingerprint density at radius 2 is 2.12 bits per heavy atom. The topological polar surface area (TPSA) is 67.6 Å². The second kappa shape index (κ2) is 8.50. The van der Waals surface area contributed by atoms with Crippen molar-refractivity contribution in [2.75, 3.05) is 33.9 Å². The van der Waals surface area contributed by atoms with E-state index in [0.717, 1.165) is 6.54 Å². The van der Waals surface area contributed by atoms with Crippen molar-refractivity contribution in [1.82, 2.24) is 10.2 Å². The van der Waals surface area contributed by atoms with Crippen molar-refractivity contribution in [1.29, 1.82) is 0 Å². The van der Waals surface area contributed by atoms with Gasteiger partial charge >= 0.3 is 0 Å². The highest BCUT2D eigenvalue weighted by atomic mass is 16.5. The first-order valence-corrected chi connectivity index (χ1v) is 5.72. The van der Waals surface area contributed by atoms with Crippen LogP contribution in [0.1, 0.15) is 20.3 Å². The monoisotopic (exact) mass is 231 g/mol. The Morgan fingerprint density at radius 3 is 2.50 bits per heavy atom. The highest BCUT2D eigenvalue weighted by Gasteiger charge is 2.21. The van der Waals surface area contributed by atoms with Crippen LogP contribution in [0.25, 0.3) is 0 Å². The zero-order valence-corrected chi connectivity index (χ0v) is 10.8. The third-order valence-corrected chi connectivity index (χ3v) is 2.66. The second-order valence-electron chi connectivity index (χ2n) is 4.09. The van der Waals surface area contributed by atoms with Gasteiger partial charge in [0.15, 0.2) is 0 Å². The molecule has 0 aromatic rings. The van der Waals surface area contributed by atoms with Gasteiger partial charge in [0.05, 0.1) is 6.61 Å². The van der Waals surface area contributed by atoms with E-state index in [9.17, 15) is 4.79 Å². The summed E-state index contributed by atoms with van der Waals surface area (Å²) in [6, 6.07) is 0.434. The van der Waals surface area contributed by atoms with Crippen LogP contribution in [0.4, 0.5) is 0 Å². The van der Waals surface area contributed by atoms with Gasteiger partial charge in [-0.2, -0.15) is 0 Å². The molecule has 0 rings (SSSR count). The summed E-state index contributed by atoms with van der Waals surface area (Å²) in [6.07, 6.45) is 0.439. The van der Waals surface area contributed by atoms with E-state index in [1.807, 2.05) is 0 Å². The number of hydrogen-bond acceptors (Lipinski definition) is 4. The predicted molar refractivity (Wildman–Crippen MR) is 65.2 cm³/mol. The number of methoxy groups -OCH3 is 1. The van der Waals surface area contributed by atoms with E-state index in [-0.39, 0.29) is 11.9 Å². The van der Waals surface area contributed by atoms with Crippen molar-refractivity contribution in [3.05, 3.63) is 0 Å². The molecule has 1 amide bonds. The summed E-state index contributed by atoms with van der Waals surface area (Å²) in [5.41, 5.74) is 5.72. The SMILES string of the molecule is CNC(=O)CC(CN)N(CCOC)C(C)C. The van der Waals surface area contributed by atoms with Crippen molar-refractivity contribution in [2.45, 2.75) is 32.4 Å². The molecule has 0 spiro atoms. The fourth-order valence-corrected chi connectivity index (χ4v) is 1.71. The van der Waals surface area contributed by atoms with Crippen LogP contribution in [0.3, 0.4) is 0 Å². The summed E-state index contributed by atoms with van der Waals surface area (Å²) in [7, 11) is 3.32. The number of nitrogens with two attached hydrogens (primary N) is 1. The predicted octanol–water partition coefficient (Wildman–Crippen LogP) is -0.193. The van der Waals surface area contributed by atoms with E-state index < -0.39 is 0 Å². The van der Waals surface area contributed by atoms with Gasteiger partial charge in [0.1, 0.15) is 0 Å². The molecule has 0 aliphatic rings. The molecule has 0 radical (unpaired) electrons. The maximum absolute atomic E-state index is 11.4. The van der Waals surface area contributed by atoms with Crippen LogP contribution in [-0.2, 0) is 9.53 Å². The first kappa shape index (κ1) is 15.3. The molecule has 5 nitrogen and oxygen atoms in total. The van der Waals surface area contributed by atoms with Gasteiger partial charge in [-0.15, -0.1) is 0 Å². The van der Waals surface area contributed by atoms with Gasteiger partial charge in [-0.25, -0.2) is 0 Å². The highest BCUT2D eigenvalue weighted by Crippen LogP contribution is 2.08. The fraction of sp³-hybridized carbons (Fsp3) is 0.909. The van der Waals surface area contributed by atoms with Crippen LogP contribution in [0.15, 0.2) is 0 Å². The molecule has 3 N–H and O–H groups in total. The van der Waals surface area contributed by atoms with Crippen LogP contribution in [-0.4, -0.2) is 56.7 Å². The smallest absolute Gasteiger partial charge is 0.221 e. The van der Waals surface area contributed by atoms with Crippen LogP contribution >= 0.6 is 0 Å². The average molecular weight is 231 g/mol. The largest absolute Gasteiger partial charge is 0.383 e. The quantitative estimate of drug-likeness (QED) is 0.607. The number of carbonyl (C=O) groups is 1. The number of carbonyl (C=O) groups excluding carboxylic acids is 1. The van der Waals surface area contributed by atoms with Crippen molar-refractivity contribution >= 4 is 5.91 Å². The van der Waals surface area contributed by atoms with Crippen LogP contribution in [0.2, 0.25) is 0 Å². The molecule has 5 heteroatoms. The molecule has 0 saturated carbocycles. The van der Waals surface area contributed by atoms with Crippen molar-refractivity contribution in [3.63, 3.8) is 0 Å². The number of ether oxygens (including phenoxy) is 1. The van der Waals surface area contributed by atoms with Gasteiger partial charge in [0.25, 0.3) is 0 Å². The molecule has 96 valence electrons. The molecule has 0 saturated heterocycles. The van der Waals surface area contributed by atoms with Gasteiger partial charge in [-0.1, -0.05) is 0 Å². The van der Waals surface area contributed by atoms with Crippen molar-refractivity contribution in [3.8, 4) is 0 Å². The van der Waals surface area contributed by atoms with Crippen LogP contribution in [0.5, 0.6) is 0 Å². The molecule has 0 aliphatic carbocycles. The normalized spacial score (nSPS) is 13.2. The average Bonchev–Trinajstić information content (AvgIpc) is 2.27. The minimum absolute atomic E-state index is 0.0264. The Morgan fingerprint density at radius 1 is 1.50 bits per heavy atom. The standard InChI is InChI=1S/C11H25N3O2/c1-9(2)14(5-6-16-4)10(8-12)7-11(15)13-3/h9-10H,5-8,12H2,1-4H3,(H,13,15). The molecular formula is C11H25N3O2. The maximum Gasteiger partial charge on any atom is 0.221 e. The zero-order valence-electron chi connectivity index (χ0n) is 10.8. The Balaban J connectivity index is 4.38. The van der Waals surface area contributed by atoms with Crippen LogP contribution < -0.4 is 11.1 Å². The van der Waals surface area contributed by atoms with Gasteiger partial charge in [-0.3, -0.25) is 9.69 Å². The van der Waals surface area contributed by atoms with E-state index in [1.165, 1.54) is 0 Å². The first-order chi connectivity index (χ1) is 7.56. The third-order valence-electron chi connectivity index (χ3n) is 2.66. The molecule has 0 aromatic heterocycles. The second-order valence-corrected chi connectivity index (χ2v) is 4.09. The summed E-state index contributed by atoms with van der Waals surface area (Å²) in [6.45, 7) is 6.13. The molecule has 0 heterocycles. The lowest BCUT2D eigenvalue weighted by atomic mass is 10.1. The third kappa shape index (κ3) is 5.44. The number of hydrogen-bond donors (Lipinski definition) is 2. The molecular weight excluding hydrogens is 206 g/mol. The molecule has 16 heavy (non-hydrogen) atoms. The highest BCUT2D eigenvalue weighted by molar-refractivity contribution is 5.76. The summed E-state index contributed by atoms with van der Waals surface area (Å²) in [5, 5.41) is 2.63. The lowest BCUT2D eigenvalue weighted by Gasteiger charge is -2.33. The molecule has 0 aliphatic heterocycles. The molecule has 0 bridgehead atoms. The molecule has 1 unspecified atom stereocenters. The number of nitrogens with zero attached hydrogens (tertiary/aromatic N) is 1. The number of rotatable bonds is 8. The number of amides is 1. The van der Waals surface area contributed by atoms with E-state index in [2.05, 4.69) is 24.1 Å². The zero-order chi connectivity index (χ0) is 12.6. The Hall–Kier alpha value is -0.650. The first-order valence-electron chi connectivity index (χ1n) is 5.72. The van der Waals surface area contributed by atoms with E-state index in [4.69, 9.17) is 10.5 Å².